The Balaban J connectivity index is 1.95. The van der Waals surface area contributed by atoms with Crippen LogP contribution in [0.3, 0.4) is 0 Å². The number of allylic oxidation sites excluding steroid dienone is 1. The Morgan fingerprint density at radius 2 is 0.862 bits per heavy atom. The van der Waals surface area contributed by atoms with E-state index in [1.54, 1.807) is 0 Å². The van der Waals surface area contributed by atoms with Crippen LogP contribution in [0, 0.1) is 0 Å². The summed E-state index contributed by atoms with van der Waals surface area (Å²) in [5.74, 6) is -3.21. The maximum atomic E-state index is 8.02. The van der Waals surface area contributed by atoms with Crippen molar-refractivity contribution in [1.82, 2.24) is 0 Å². The molecule has 144 valence electrons. The normalized spacial score (nSPS) is 13.1. The summed E-state index contributed by atoms with van der Waals surface area (Å²) >= 11 is 8.02. The summed E-state index contributed by atoms with van der Waals surface area (Å²) < 4.78 is 0. The van der Waals surface area contributed by atoms with Crippen LogP contribution in [0.5, 0.6) is 0 Å². The molecule has 0 fully saturated rings. The van der Waals surface area contributed by atoms with Crippen molar-refractivity contribution in [2.45, 2.75) is 0 Å². The number of benzene rings is 4. The van der Waals surface area contributed by atoms with Crippen molar-refractivity contribution in [3.05, 3.63) is 133 Å². The Morgan fingerprint density at radius 1 is 0.517 bits per heavy atom. The minimum atomic E-state index is -3.21. The van der Waals surface area contributed by atoms with E-state index in [4.69, 9.17) is 11.2 Å². The van der Waals surface area contributed by atoms with Crippen LogP contribution in [0.2, 0.25) is 0 Å². The Morgan fingerprint density at radius 3 is 1.24 bits per heavy atom. The summed E-state index contributed by atoms with van der Waals surface area (Å²) in [6.45, 7) is 0. The molecule has 0 bridgehead atoms. The van der Waals surface area contributed by atoms with Gasteiger partial charge in [-0.05, 0) is 0 Å². The first-order valence-electron chi connectivity index (χ1n) is 9.83. The van der Waals surface area contributed by atoms with E-state index >= 15 is 0 Å². The van der Waals surface area contributed by atoms with Gasteiger partial charge in [0.15, 0.2) is 0 Å². The zero-order chi connectivity index (χ0) is 20.0. The van der Waals surface area contributed by atoms with Gasteiger partial charge in [0.1, 0.15) is 0 Å². The molecule has 0 radical (unpaired) electrons. The molecule has 0 aliphatic heterocycles. The predicted molar refractivity (Wildman–Crippen MR) is 131 cm³/mol. The molecule has 4 rings (SSSR count). The molecule has 0 aliphatic carbocycles. The first-order chi connectivity index (χ1) is 14.2. The van der Waals surface area contributed by atoms with Crippen molar-refractivity contribution in [1.29, 1.82) is 0 Å². The molecule has 0 N–H and O–H groups in total. The van der Waals surface area contributed by atoms with Crippen molar-refractivity contribution in [2.24, 2.45) is 0 Å². The molecule has 0 nitrogen and oxygen atoms in total. The molecule has 4 aromatic carbocycles. The van der Waals surface area contributed by atoms with Crippen molar-refractivity contribution in [2.75, 3.05) is 6.16 Å². The molecule has 0 heterocycles. The van der Waals surface area contributed by atoms with E-state index in [2.05, 4.69) is 127 Å². The molecular weight excluding hydrogens is 391 g/mol. The molecule has 0 spiro atoms. The monoisotopic (exact) mass is 414 g/mol. The van der Waals surface area contributed by atoms with Gasteiger partial charge in [-0.3, -0.25) is 0 Å². The van der Waals surface area contributed by atoms with E-state index in [0.29, 0.717) is 0 Å². The second-order valence-electron chi connectivity index (χ2n) is 7.19. The molecule has 4 aromatic rings. The molecular formula is C27H24ClP. The third kappa shape index (κ3) is 3.67. The third-order valence-electron chi connectivity index (χ3n) is 5.44. The fourth-order valence-electron chi connectivity index (χ4n) is 3.93. The van der Waals surface area contributed by atoms with Gasteiger partial charge in [-0.2, -0.15) is 0 Å². The second kappa shape index (κ2) is 8.37. The molecule has 2 heteroatoms. The van der Waals surface area contributed by atoms with Gasteiger partial charge in [-0.1, -0.05) is 0 Å². The van der Waals surface area contributed by atoms with Gasteiger partial charge in [-0.25, -0.2) is 0 Å². The molecule has 29 heavy (non-hydrogen) atoms. The van der Waals surface area contributed by atoms with Crippen LogP contribution in [-0.2, 0) is 0 Å². The van der Waals surface area contributed by atoms with E-state index in [-0.39, 0.29) is 0 Å². The summed E-state index contributed by atoms with van der Waals surface area (Å²) in [4.78, 5) is 0. The van der Waals surface area contributed by atoms with Crippen LogP contribution in [-0.4, -0.2) is 6.16 Å². The summed E-state index contributed by atoms with van der Waals surface area (Å²) in [5, 5.41) is 3.57. The summed E-state index contributed by atoms with van der Waals surface area (Å²) in [5.41, 5.74) is 1.18. The van der Waals surface area contributed by atoms with Gasteiger partial charge >= 0.3 is 178 Å². The Labute approximate surface area is 178 Å². The minimum absolute atomic E-state index is 0.750. The average Bonchev–Trinajstić information content (AvgIpc) is 2.81. The van der Waals surface area contributed by atoms with Crippen LogP contribution >= 0.6 is 17.2 Å². The maximum absolute atomic E-state index is 8.02. The van der Waals surface area contributed by atoms with Gasteiger partial charge < -0.3 is 0 Å². The van der Waals surface area contributed by atoms with E-state index in [0.717, 1.165) is 6.16 Å². The third-order valence-corrected chi connectivity index (χ3v) is 12.6. The number of hydrogen-bond acceptors (Lipinski definition) is 0. The fourth-order valence-corrected chi connectivity index (χ4v) is 9.59. The zero-order valence-corrected chi connectivity index (χ0v) is 17.9. The molecule has 0 atom stereocenters. The molecule has 0 unspecified atom stereocenters. The van der Waals surface area contributed by atoms with Crippen molar-refractivity contribution < 1.29 is 0 Å². The Hall–Kier alpha value is -2.66. The first kappa shape index (κ1) is 19.6. The van der Waals surface area contributed by atoms with E-state index in [1.165, 1.54) is 21.5 Å². The van der Waals surface area contributed by atoms with Gasteiger partial charge in [0, 0.05) is 0 Å². The van der Waals surface area contributed by atoms with Crippen LogP contribution in [0.25, 0.3) is 6.08 Å². The van der Waals surface area contributed by atoms with Gasteiger partial charge in [0.05, 0.1) is 0 Å². The molecule has 0 aliphatic rings. The summed E-state index contributed by atoms with van der Waals surface area (Å²) in [6, 6.07) is 42.2. The van der Waals surface area contributed by atoms with E-state index < -0.39 is 5.96 Å². The molecule has 0 amide bonds. The van der Waals surface area contributed by atoms with E-state index in [1.807, 2.05) is 6.07 Å². The number of halogens is 1. The molecule has 0 saturated heterocycles. The Bertz CT molecular complexity index is 975. The second-order valence-corrected chi connectivity index (χ2v) is 13.7. The van der Waals surface area contributed by atoms with Crippen LogP contribution in [0.1, 0.15) is 5.56 Å². The average molecular weight is 415 g/mol. The van der Waals surface area contributed by atoms with Crippen LogP contribution < -0.4 is 15.9 Å². The van der Waals surface area contributed by atoms with E-state index in [9.17, 15) is 0 Å². The fraction of sp³-hybridized carbons (Fsp3) is 0.0370. The summed E-state index contributed by atoms with van der Waals surface area (Å²) in [7, 11) is 0. The van der Waals surface area contributed by atoms with Crippen molar-refractivity contribution in [3.63, 3.8) is 0 Å². The van der Waals surface area contributed by atoms with Crippen LogP contribution in [0.4, 0.5) is 0 Å². The standard InChI is InChI=1S/C27H24ClP/c28-29(25-17-7-2-8-18-25,26-19-9-3-10-20-26,27-21-11-4-12-22-27)23-13-16-24-14-5-1-6-15-24/h1-22H,23H2. The van der Waals surface area contributed by atoms with Gasteiger partial charge in [0.25, 0.3) is 0 Å². The van der Waals surface area contributed by atoms with Gasteiger partial charge in [-0.15, -0.1) is 0 Å². The quantitative estimate of drug-likeness (QED) is 0.321. The number of hydrogen-bond donors (Lipinski definition) is 0. The topological polar surface area (TPSA) is 0 Å². The first-order valence-corrected chi connectivity index (χ1v) is 13.2. The molecule has 0 saturated carbocycles. The Kier molecular flexibility index (Phi) is 5.67. The number of rotatable bonds is 6. The van der Waals surface area contributed by atoms with Crippen molar-refractivity contribution >= 4 is 39.2 Å². The SMILES string of the molecule is ClP(CC=Cc1ccccc1)(c1ccccc1)(c1ccccc1)c1ccccc1. The summed E-state index contributed by atoms with van der Waals surface area (Å²) in [6.07, 6.45) is 5.17. The molecule has 0 aromatic heterocycles. The van der Waals surface area contributed by atoms with Crippen LogP contribution in [0.15, 0.2) is 127 Å². The van der Waals surface area contributed by atoms with Crippen molar-refractivity contribution in [3.8, 4) is 0 Å². The predicted octanol–water partition coefficient (Wildman–Crippen LogP) is 6.38. The van der Waals surface area contributed by atoms with Gasteiger partial charge in [0.2, 0.25) is 0 Å². The zero-order valence-electron chi connectivity index (χ0n) is 16.2.